The molecule has 1 heterocycles. The fourth-order valence-electron chi connectivity index (χ4n) is 1.88. The number of hydrogen-bond acceptors (Lipinski definition) is 3. The Balaban J connectivity index is 1.74. The molecule has 0 aliphatic heterocycles. The smallest absolute Gasteiger partial charge is 0.193 e. The zero-order valence-corrected chi connectivity index (χ0v) is 10.2. The molecule has 0 saturated heterocycles. The van der Waals surface area contributed by atoms with Crippen LogP contribution in [0.4, 0.5) is 0 Å². The van der Waals surface area contributed by atoms with Crippen LogP contribution in [0.15, 0.2) is 16.5 Å². The number of hydrogen-bond donors (Lipinski definition) is 1. The highest BCUT2D eigenvalue weighted by Gasteiger charge is 2.18. The van der Waals surface area contributed by atoms with Gasteiger partial charge in [-0.15, -0.1) is 0 Å². The van der Waals surface area contributed by atoms with E-state index in [1.807, 2.05) is 17.8 Å². The second-order valence-electron chi connectivity index (χ2n) is 4.05. The third-order valence-electron chi connectivity index (χ3n) is 2.81. The van der Waals surface area contributed by atoms with E-state index in [1.165, 1.54) is 12.8 Å². The summed E-state index contributed by atoms with van der Waals surface area (Å²) >= 11 is 7.67. The average molecular weight is 246 g/mol. The molecule has 0 radical (unpaired) electrons. The van der Waals surface area contributed by atoms with E-state index >= 15 is 0 Å². The average Bonchev–Trinajstić information content (AvgIpc) is 2.64. The number of furan rings is 1. The van der Waals surface area contributed by atoms with E-state index in [-0.39, 0.29) is 0 Å². The minimum Gasteiger partial charge on any atom is -0.449 e. The summed E-state index contributed by atoms with van der Waals surface area (Å²) in [5.74, 6) is 1.90. The monoisotopic (exact) mass is 245 g/mol. The van der Waals surface area contributed by atoms with Crippen molar-refractivity contribution < 1.29 is 4.42 Å². The molecular weight excluding hydrogens is 230 g/mol. The molecule has 2 rings (SSSR count). The van der Waals surface area contributed by atoms with Crippen LogP contribution >= 0.6 is 23.4 Å². The first-order chi connectivity index (χ1) is 7.24. The molecule has 15 heavy (non-hydrogen) atoms. The maximum Gasteiger partial charge on any atom is 0.193 e. The molecule has 0 spiro atoms. The van der Waals surface area contributed by atoms with Crippen molar-refractivity contribution in [3.05, 3.63) is 23.1 Å². The molecule has 2 nitrogen and oxygen atoms in total. The fourth-order valence-corrected chi connectivity index (χ4v) is 3.21. The van der Waals surface area contributed by atoms with E-state index in [4.69, 9.17) is 21.8 Å². The highest BCUT2D eigenvalue weighted by molar-refractivity contribution is 7.99. The van der Waals surface area contributed by atoms with Crippen LogP contribution in [0.2, 0.25) is 5.22 Å². The lowest BCUT2D eigenvalue weighted by atomic mass is 9.96. The number of halogens is 1. The molecule has 4 heteroatoms. The molecule has 1 saturated carbocycles. The van der Waals surface area contributed by atoms with E-state index in [9.17, 15) is 0 Å². The number of rotatable bonds is 3. The molecular formula is C11H16ClNOS. The highest BCUT2D eigenvalue weighted by Crippen LogP contribution is 2.30. The van der Waals surface area contributed by atoms with Crippen LogP contribution in [0.25, 0.3) is 0 Å². The Labute approximate surface area is 99.5 Å². The predicted molar refractivity (Wildman–Crippen MR) is 65.2 cm³/mol. The standard InChI is InChI=1S/C11H16ClNOS/c12-11-6-3-9(14-11)7-15-10-4-1-8(13)2-5-10/h3,6,8,10H,1-2,4-5,7,13H2. The quantitative estimate of drug-likeness (QED) is 0.887. The molecule has 1 fully saturated rings. The van der Waals surface area contributed by atoms with Crippen LogP contribution in [0, 0.1) is 0 Å². The van der Waals surface area contributed by atoms with Gasteiger partial charge in [-0.2, -0.15) is 11.8 Å². The lowest BCUT2D eigenvalue weighted by Gasteiger charge is -2.25. The predicted octanol–water partition coefficient (Wildman–Crippen LogP) is 3.44. The van der Waals surface area contributed by atoms with Gasteiger partial charge in [0.2, 0.25) is 0 Å². The van der Waals surface area contributed by atoms with Crippen molar-refractivity contribution in [3.63, 3.8) is 0 Å². The van der Waals surface area contributed by atoms with Crippen molar-refractivity contribution in [3.8, 4) is 0 Å². The second-order valence-corrected chi connectivity index (χ2v) is 5.71. The van der Waals surface area contributed by atoms with E-state index < -0.39 is 0 Å². The van der Waals surface area contributed by atoms with Crippen LogP contribution in [0.1, 0.15) is 31.4 Å². The van der Waals surface area contributed by atoms with Gasteiger partial charge in [-0.25, -0.2) is 0 Å². The largest absolute Gasteiger partial charge is 0.449 e. The highest BCUT2D eigenvalue weighted by atomic mass is 35.5. The van der Waals surface area contributed by atoms with E-state index in [1.54, 1.807) is 6.07 Å². The summed E-state index contributed by atoms with van der Waals surface area (Å²) in [6.07, 6.45) is 4.80. The summed E-state index contributed by atoms with van der Waals surface area (Å²) in [6, 6.07) is 4.18. The van der Waals surface area contributed by atoms with Gasteiger partial charge < -0.3 is 10.2 Å². The molecule has 1 aliphatic rings. The summed E-state index contributed by atoms with van der Waals surface area (Å²) in [4.78, 5) is 0. The third-order valence-corrected chi connectivity index (χ3v) is 4.41. The number of nitrogens with two attached hydrogens (primary N) is 1. The summed E-state index contributed by atoms with van der Waals surface area (Å²) in [5.41, 5.74) is 5.86. The first-order valence-corrected chi connectivity index (χ1v) is 6.78. The van der Waals surface area contributed by atoms with E-state index in [2.05, 4.69) is 0 Å². The summed E-state index contributed by atoms with van der Waals surface area (Å²) in [7, 11) is 0. The molecule has 84 valence electrons. The minimum atomic E-state index is 0.430. The second kappa shape index (κ2) is 5.28. The maximum atomic E-state index is 5.86. The molecule has 0 atom stereocenters. The van der Waals surface area contributed by atoms with Crippen LogP contribution in [-0.2, 0) is 5.75 Å². The Morgan fingerprint density at radius 2 is 2.07 bits per heavy atom. The normalized spacial score (nSPS) is 26.8. The Morgan fingerprint density at radius 3 is 2.67 bits per heavy atom. The van der Waals surface area contributed by atoms with Gasteiger partial charge in [0.15, 0.2) is 5.22 Å². The van der Waals surface area contributed by atoms with Gasteiger partial charge in [0.25, 0.3) is 0 Å². The van der Waals surface area contributed by atoms with Gasteiger partial charge in [0.1, 0.15) is 5.76 Å². The molecule has 1 aliphatic carbocycles. The zero-order valence-electron chi connectivity index (χ0n) is 8.62. The summed E-state index contributed by atoms with van der Waals surface area (Å²) < 4.78 is 5.32. The van der Waals surface area contributed by atoms with Crippen molar-refractivity contribution in [2.45, 2.75) is 42.7 Å². The molecule has 0 aromatic carbocycles. The molecule has 0 bridgehead atoms. The van der Waals surface area contributed by atoms with Crippen LogP contribution in [-0.4, -0.2) is 11.3 Å². The van der Waals surface area contributed by atoms with Crippen molar-refractivity contribution in [2.24, 2.45) is 5.73 Å². The van der Waals surface area contributed by atoms with Gasteiger partial charge >= 0.3 is 0 Å². The third kappa shape index (κ3) is 3.44. The Kier molecular flexibility index (Phi) is 4.00. The SMILES string of the molecule is NC1CCC(SCc2ccc(Cl)o2)CC1. The van der Waals surface area contributed by atoms with Crippen molar-refractivity contribution in [1.29, 1.82) is 0 Å². The Morgan fingerprint density at radius 1 is 1.33 bits per heavy atom. The zero-order chi connectivity index (χ0) is 10.7. The van der Waals surface area contributed by atoms with Gasteiger partial charge in [0, 0.05) is 11.3 Å². The van der Waals surface area contributed by atoms with Crippen LogP contribution in [0.5, 0.6) is 0 Å². The van der Waals surface area contributed by atoms with Gasteiger partial charge in [0.05, 0.1) is 5.75 Å². The van der Waals surface area contributed by atoms with Gasteiger partial charge in [-0.05, 0) is 49.4 Å². The molecule has 0 amide bonds. The van der Waals surface area contributed by atoms with Gasteiger partial charge in [-0.1, -0.05) is 0 Å². The molecule has 2 N–H and O–H groups in total. The van der Waals surface area contributed by atoms with Crippen LogP contribution < -0.4 is 5.73 Å². The first-order valence-electron chi connectivity index (χ1n) is 5.35. The molecule has 1 aromatic rings. The molecule has 0 unspecified atom stereocenters. The lowest BCUT2D eigenvalue weighted by Crippen LogP contribution is -2.27. The minimum absolute atomic E-state index is 0.430. The molecule has 1 aromatic heterocycles. The Hall–Kier alpha value is -0.120. The lowest BCUT2D eigenvalue weighted by molar-refractivity contribution is 0.450. The fraction of sp³-hybridized carbons (Fsp3) is 0.636. The van der Waals surface area contributed by atoms with Crippen molar-refractivity contribution in [2.75, 3.05) is 0 Å². The topological polar surface area (TPSA) is 39.2 Å². The van der Waals surface area contributed by atoms with E-state index in [0.717, 1.165) is 29.6 Å². The number of thioether (sulfide) groups is 1. The summed E-state index contributed by atoms with van der Waals surface area (Å²) in [6.45, 7) is 0. The van der Waals surface area contributed by atoms with E-state index in [0.29, 0.717) is 11.3 Å². The van der Waals surface area contributed by atoms with Crippen LogP contribution in [0.3, 0.4) is 0 Å². The van der Waals surface area contributed by atoms with Gasteiger partial charge in [-0.3, -0.25) is 0 Å². The maximum absolute atomic E-state index is 5.86. The Bertz CT molecular complexity index is 307. The van der Waals surface area contributed by atoms with Crippen molar-refractivity contribution in [1.82, 2.24) is 0 Å². The van der Waals surface area contributed by atoms with Crippen molar-refractivity contribution >= 4 is 23.4 Å². The summed E-state index contributed by atoms with van der Waals surface area (Å²) in [5, 5.41) is 1.23. The first kappa shape index (κ1) is 11.4.